The highest BCUT2D eigenvalue weighted by Crippen LogP contribution is 2.16. The van der Waals surface area contributed by atoms with Crippen molar-refractivity contribution in [3.63, 3.8) is 0 Å². The molecule has 2 amide bonds. The zero-order valence-electron chi connectivity index (χ0n) is 14.7. The van der Waals surface area contributed by atoms with Crippen molar-refractivity contribution in [2.24, 2.45) is 5.14 Å². The number of carbonyl (C=O) groups excluding carboxylic acids is 1. The minimum absolute atomic E-state index is 0.0665. The average Bonchev–Trinajstić information content (AvgIpc) is 2.56. The third-order valence-corrected chi connectivity index (χ3v) is 4.36. The molecule has 0 atom stereocenters. The first-order valence-electron chi connectivity index (χ1n) is 8.17. The van der Waals surface area contributed by atoms with Crippen LogP contribution < -0.4 is 20.5 Å². The lowest BCUT2D eigenvalue weighted by Gasteiger charge is -2.11. The highest BCUT2D eigenvalue weighted by Gasteiger charge is 2.07. The third kappa shape index (κ3) is 6.38. The Morgan fingerprint density at radius 2 is 1.69 bits per heavy atom. The predicted octanol–water partition coefficient (Wildman–Crippen LogP) is 2.49. The fourth-order valence-electron chi connectivity index (χ4n) is 2.23. The first kappa shape index (κ1) is 19.7. The number of primary sulfonamides is 1. The van der Waals surface area contributed by atoms with Crippen LogP contribution in [0.3, 0.4) is 0 Å². The molecule has 0 fully saturated rings. The highest BCUT2D eigenvalue weighted by atomic mass is 32.2. The van der Waals surface area contributed by atoms with Gasteiger partial charge in [-0.3, -0.25) is 0 Å². The Balaban J connectivity index is 1.78. The number of benzene rings is 2. The predicted molar refractivity (Wildman–Crippen MR) is 101 cm³/mol. The standard InChI is InChI=1S/C18H23N3O4S/c1-13(2)25-16-7-5-15(6-8-16)21-18(22)20-12-11-14-3-9-17(10-4-14)26(19,23)24/h3-10,13H,11-12H2,1-2H3,(H2,19,23,24)(H2,20,21,22). The van der Waals surface area contributed by atoms with Crippen molar-refractivity contribution < 1.29 is 17.9 Å². The number of hydrogen-bond acceptors (Lipinski definition) is 4. The number of nitrogens with one attached hydrogen (secondary N) is 2. The summed E-state index contributed by atoms with van der Waals surface area (Å²) in [6.45, 7) is 4.30. The van der Waals surface area contributed by atoms with E-state index in [4.69, 9.17) is 9.88 Å². The molecular formula is C18H23N3O4S. The Labute approximate surface area is 153 Å². The number of nitrogens with two attached hydrogens (primary N) is 1. The maximum Gasteiger partial charge on any atom is 0.319 e. The van der Waals surface area contributed by atoms with Gasteiger partial charge in [-0.1, -0.05) is 12.1 Å². The van der Waals surface area contributed by atoms with E-state index >= 15 is 0 Å². The fraction of sp³-hybridized carbons (Fsp3) is 0.278. The largest absolute Gasteiger partial charge is 0.491 e. The molecule has 0 aromatic heterocycles. The molecule has 0 saturated heterocycles. The van der Waals surface area contributed by atoms with Crippen LogP contribution >= 0.6 is 0 Å². The van der Waals surface area contributed by atoms with Gasteiger partial charge in [-0.2, -0.15) is 0 Å². The summed E-state index contributed by atoms with van der Waals surface area (Å²) in [5.74, 6) is 0.744. The first-order chi connectivity index (χ1) is 12.2. The molecule has 140 valence electrons. The van der Waals surface area contributed by atoms with Gasteiger partial charge in [0.2, 0.25) is 10.0 Å². The van der Waals surface area contributed by atoms with Gasteiger partial charge in [0.05, 0.1) is 11.0 Å². The molecule has 0 saturated carbocycles. The molecule has 0 unspecified atom stereocenters. The number of sulfonamides is 1. The van der Waals surface area contributed by atoms with Gasteiger partial charge < -0.3 is 15.4 Å². The summed E-state index contributed by atoms with van der Waals surface area (Å²) in [7, 11) is -3.69. The molecule has 8 heteroatoms. The van der Waals surface area contributed by atoms with E-state index in [-0.39, 0.29) is 17.0 Å². The van der Waals surface area contributed by atoms with Crippen LogP contribution in [-0.4, -0.2) is 27.1 Å². The van der Waals surface area contributed by atoms with E-state index in [0.717, 1.165) is 11.3 Å². The smallest absolute Gasteiger partial charge is 0.319 e. The van der Waals surface area contributed by atoms with Crippen LogP contribution in [0.4, 0.5) is 10.5 Å². The number of anilines is 1. The van der Waals surface area contributed by atoms with Gasteiger partial charge >= 0.3 is 6.03 Å². The van der Waals surface area contributed by atoms with Crippen LogP contribution in [0.2, 0.25) is 0 Å². The molecule has 0 aliphatic heterocycles. The lowest BCUT2D eigenvalue weighted by molar-refractivity contribution is 0.242. The van der Waals surface area contributed by atoms with Crippen molar-refractivity contribution in [3.8, 4) is 5.75 Å². The maximum absolute atomic E-state index is 11.9. The summed E-state index contributed by atoms with van der Waals surface area (Å²) in [6.07, 6.45) is 0.663. The number of carbonyl (C=O) groups is 1. The second-order valence-corrected chi connectivity index (χ2v) is 7.57. The summed E-state index contributed by atoms with van der Waals surface area (Å²) in [5.41, 5.74) is 1.56. The Hall–Kier alpha value is -2.58. The summed E-state index contributed by atoms with van der Waals surface area (Å²) < 4.78 is 27.9. The Morgan fingerprint density at radius 1 is 1.08 bits per heavy atom. The van der Waals surface area contributed by atoms with E-state index in [0.29, 0.717) is 18.7 Å². The Bertz CT molecular complexity index is 832. The average molecular weight is 377 g/mol. The van der Waals surface area contributed by atoms with E-state index in [1.54, 1.807) is 36.4 Å². The molecular weight excluding hydrogens is 354 g/mol. The number of rotatable bonds is 7. The van der Waals surface area contributed by atoms with Gasteiger partial charge in [-0.15, -0.1) is 0 Å². The van der Waals surface area contributed by atoms with Crippen molar-refractivity contribution in [1.82, 2.24) is 5.32 Å². The van der Waals surface area contributed by atoms with Gasteiger partial charge in [-0.05, 0) is 62.2 Å². The molecule has 0 heterocycles. The summed E-state index contributed by atoms with van der Waals surface area (Å²) in [6, 6.07) is 13.1. The zero-order valence-corrected chi connectivity index (χ0v) is 15.5. The molecule has 7 nitrogen and oxygen atoms in total. The van der Waals surface area contributed by atoms with Crippen LogP contribution in [0.1, 0.15) is 19.4 Å². The molecule has 0 spiro atoms. The van der Waals surface area contributed by atoms with Crippen molar-refractivity contribution in [2.75, 3.05) is 11.9 Å². The normalized spacial score (nSPS) is 11.2. The van der Waals surface area contributed by atoms with Gasteiger partial charge in [0.25, 0.3) is 0 Å². The minimum Gasteiger partial charge on any atom is -0.491 e. The van der Waals surface area contributed by atoms with E-state index in [9.17, 15) is 13.2 Å². The second kappa shape index (κ2) is 8.68. The van der Waals surface area contributed by atoms with E-state index in [1.165, 1.54) is 12.1 Å². The Kier molecular flexibility index (Phi) is 6.59. The number of urea groups is 1. The maximum atomic E-state index is 11.9. The van der Waals surface area contributed by atoms with Gasteiger partial charge in [0.15, 0.2) is 0 Å². The highest BCUT2D eigenvalue weighted by molar-refractivity contribution is 7.89. The molecule has 0 radical (unpaired) electrons. The van der Waals surface area contributed by atoms with Crippen LogP contribution in [0.25, 0.3) is 0 Å². The quantitative estimate of drug-likeness (QED) is 0.688. The minimum atomic E-state index is -3.69. The van der Waals surface area contributed by atoms with Gasteiger partial charge in [0.1, 0.15) is 5.75 Å². The van der Waals surface area contributed by atoms with E-state index < -0.39 is 10.0 Å². The molecule has 2 aromatic carbocycles. The van der Waals surface area contributed by atoms with Crippen molar-refractivity contribution >= 4 is 21.7 Å². The van der Waals surface area contributed by atoms with Crippen molar-refractivity contribution in [1.29, 1.82) is 0 Å². The van der Waals surface area contributed by atoms with Crippen LogP contribution in [-0.2, 0) is 16.4 Å². The van der Waals surface area contributed by atoms with Crippen LogP contribution in [0.15, 0.2) is 53.4 Å². The van der Waals surface area contributed by atoms with Crippen LogP contribution in [0.5, 0.6) is 5.75 Å². The summed E-state index contributed by atoms with van der Waals surface area (Å²) in [5, 5.41) is 10.5. The Morgan fingerprint density at radius 3 is 2.23 bits per heavy atom. The fourth-order valence-corrected chi connectivity index (χ4v) is 2.75. The van der Waals surface area contributed by atoms with Crippen LogP contribution in [0, 0.1) is 0 Å². The number of hydrogen-bond donors (Lipinski definition) is 3. The van der Waals surface area contributed by atoms with Crippen molar-refractivity contribution in [3.05, 3.63) is 54.1 Å². The second-order valence-electron chi connectivity index (χ2n) is 6.01. The molecule has 26 heavy (non-hydrogen) atoms. The molecule has 0 bridgehead atoms. The van der Waals surface area contributed by atoms with E-state index in [2.05, 4.69) is 10.6 Å². The zero-order chi connectivity index (χ0) is 19.2. The lowest BCUT2D eigenvalue weighted by atomic mass is 10.1. The molecule has 2 rings (SSSR count). The number of ether oxygens (including phenoxy) is 1. The molecule has 2 aromatic rings. The molecule has 0 aliphatic carbocycles. The lowest BCUT2D eigenvalue weighted by Crippen LogP contribution is -2.30. The summed E-state index contributed by atoms with van der Waals surface area (Å²) >= 11 is 0. The van der Waals surface area contributed by atoms with Gasteiger partial charge in [0, 0.05) is 12.2 Å². The van der Waals surface area contributed by atoms with E-state index in [1.807, 2.05) is 13.8 Å². The topological polar surface area (TPSA) is 111 Å². The van der Waals surface area contributed by atoms with Gasteiger partial charge in [-0.25, -0.2) is 18.4 Å². The summed E-state index contributed by atoms with van der Waals surface area (Å²) in [4.78, 5) is 12.0. The first-order valence-corrected chi connectivity index (χ1v) is 9.72. The molecule has 0 aliphatic rings. The monoisotopic (exact) mass is 377 g/mol. The SMILES string of the molecule is CC(C)Oc1ccc(NC(=O)NCCc2ccc(S(N)(=O)=O)cc2)cc1. The number of amides is 2. The third-order valence-electron chi connectivity index (χ3n) is 3.44. The molecule has 4 N–H and O–H groups in total. The van der Waals surface area contributed by atoms with Crippen molar-refractivity contribution in [2.45, 2.75) is 31.3 Å².